The minimum atomic E-state index is -0.606. The van der Waals surface area contributed by atoms with Crippen molar-refractivity contribution in [2.75, 3.05) is 5.75 Å². The van der Waals surface area contributed by atoms with E-state index in [2.05, 4.69) is 6.92 Å². The maximum absolute atomic E-state index is 12.9. The molecule has 1 aromatic carbocycles. The molecule has 78 valence electrons. The first kappa shape index (κ1) is 11.5. The van der Waals surface area contributed by atoms with Crippen molar-refractivity contribution >= 4 is 11.8 Å². The van der Waals surface area contributed by atoms with Gasteiger partial charge in [-0.3, -0.25) is 0 Å². The van der Waals surface area contributed by atoms with Crippen LogP contribution >= 0.6 is 11.8 Å². The van der Waals surface area contributed by atoms with Crippen LogP contribution in [0.1, 0.15) is 31.9 Å². The molecule has 1 N–H and O–H groups in total. The molecule has 1 rings (SSSR count). The lowest BCUT2D eigenvalue weighted by atomic mass is 10.1. The Kier molecular flexibility index (Phi) is 4.42. The van der Waals surface area contributed by atoms with Crippen LogP contribution in [0.2, 0.25) is 0 Å². The van der Waals surface area contributed by atoms with Crippen molar-refractivity contribution in [1.82, 2.24) is 0 Å². The van der Waals surface area contributed by atoms with Gasteiger partial charge in [0, 0.05) is 4.90 Å². The molecule has 0 saturated carbocycles. The first-order valence-corrected chi connectivity index (χ1v) is 5.74. The number of halogens is 1. The summed E-state index contributed by atoms with van der Waals surface area (Å²) in [5.41, 5.74) is 0.684. The summed E-state index contributed by atoms with van der Waals surface area (Å²) in [6.07, 6.45) is 0.464. The van der Waals surface area contributed by atoms with Gasteiger partial charge >= 0.3 is 0 Å². The molecule has 0 bridgehead atoms. The second kappa shape index (κ2) is 5.37. The summed E-state index contributed by atoms with van der Waals surface area (Å²) in [5.74, 6) is 0.701. The summed E-state index contributed by atoms with van der Waals surface area (Å²) >= 11 is 1.66. The van der Waals surface area contributed by atoms with E-state index >= 15 is 0 Å². The predicted octanol–water partition coefficient (Wildman–Crippen LogP) is 3.38. The van der Waals surface area contributed by atoms with Gasteiger partial charge in [-0.25, -0.2) is 4.39 Å². The highest BCUT2D eigenvalue weighted by atomic mass is 32.2. The zero-order chi connectivity index (χ0) is 10.6. The SMILES string of the molecule is CCCSc1ccc(F)cc1C(C)O. The van der Waals surface area contributed by atoms with Gasteiger partial charge in [0.2, 0.25) is 0 Å². The van der Waals surface area contributed by atoms with Gasteiger partial charge in [-0.15, -0.1) is 11.8 Å². The zero-order valence-corrected chi connectivity index (χ0v) is 9.27. The Labute approximate surface area is 88.3 Å². The molecular weight excluding hydrogens is 199 g/mol. The van der Waals surface area contributed by atoms with Crippen molar-refractivity contribution < 1.29 is 9.50 Å². The van der Waals surface area contributed by atoms with E-state index < -0.39 is 6.10 Å². The van der Waals surface area contributed by atoms with Crippen LogP contribution in [0.5, 0.6) is 0 Å². The van der Waals surface area contributed by atoms with Crippen LogP contribution in [0.25, 0.3) is 0 Å². The third-order valence-electron chi connectivity index (χ3n) is 1.88. The van der Waals surface area contributed by atoms with Gasteiger partial charge in [-0.05, 0) is 42.9 Å². The highest BCUT2D eigenvalue weighted by Gasteiger charge is 2.09. The molecule has 1 unspecified atom stereocenters. The molecule has 14 heavy (non-hydrogen) atoms. The Morgan fingerprint density at radius 2 is 2.21 bits per heavy atom. The fraction of sp³-hybridized carbons (Fsp3) is 0.455. The Morgan fingerprint density at radius 1 is 1.50 bits per heavy atom. The molecule has 0 aliphatic heterocycles. The fourth-order valence-corrected chi connectivity index (χ4v) is 2.17. The van der Waals surface area contributed by atoms with Gasteiger partial charge in [0.1, 0.15) is 5.82 Å². The molecule has 0 heterocycles. The van der Waals surface area contributed by atoms with Gasteiger partial charge in [0.25, 0.3) is 0 Å². The van der Waals surface area contributed by atoms with Gasteiger partial charge < -0.3 is 5.11 Å². The van der Waals surface area contributed by atoms with E-state index in [4.69, 9.17) is 0 Å². The number of aliphatic hydroxyl groups is 1. The van der Waals surface area contributed by atoms with Crippen LogP contribution in [0, 0.1) is 5.82 Å². The molecule has 0 fully saturated rings. The van der Waals surface area contributed by atoms with E-state index in [1.54, 1.807) is 24.8 Å². The Balaban J connectivity index is 2.90. The molecular formula is C11H15FOS. The summed E-state index contributed by atoms with van der Waals surface area (Å²) in [7, 11) is 0. The lowest BCUT2D eigenvalue weighted by Gasteiger charge is -2.11. The molecule has 0 radical (unpaired) electrons. The highest BCUT2D eigenvalue weighted by molar-refractivity contribution is 7.99. The van der Waals surface area contributed by atoms with Crippen LogP contribution in [0.15, 0.2) is 23.1 Å². The number of aliphatic hydroxyl groups excluding tert-OH is 1. The molecule has 1 aromatic rings. The van der Waals surface area contributed by atoms with Gasteiger partial charge in [0.15, 0.2) is 0 Å². The standard InChI is InChI=1S/C11H15FOS/c1-3-6-14-11-5-4-9(12)7-10(11)8(2)13/h4-5,7-8,13H,3,6H2,1-2H3. The largest absolute Gasteiger partial charge is 0.389 e. The van der Waals surface area contributed by atoms with Crippen molar-refractivity contribution in [3.63, 3.8) is 0 Å². The first-order chi connectivity index (χ1) is 6.65. The summed E-state index contributed by atoms with van der Waals surface area (Å²) < 4.78 is 12.9. The summed E-state index contributed by atoms with van der Waals surface area (Å²) in [5, 5.41) is 9.45. The van der Waals surface area contributed by atoms with Crippen LogP contribution in [-0.4, -0.2) is 10.9 Å². The molecule has 1 nitrogen and oxygen atoms in total. The highest BCUT2D eigenvalue weighted by Crippen LogP contribution is 2.28. The minimum absolute atomic E-state index is 0.290. The number of benzene rings is 1. The summed E-state index contributed by atoms with van der Waals surface area (Å²) in [4.78, 5) is 0.975. The van der Waals surface area contributed by atoms with E-state index in [0.717, 1.165) is 17.1 Å². The minimum Gasteiger partial charge on any atom is -0.389 e. The van der Waals surface area contributed by atoms with Crippen molar-refractivity contribution in [3.8, 4) is 0 Å². The van der Waals surface area contributed by atoms with Crippen LogP contribution in [-0.2, 0) is 0 Å². The average molecular weight is 214 g/mol. The smallest absolute Gasteiger partial charge is 0.123 e. The topological polar surface area (TPSA) is 20.2 Å². The van der Waals surface area contributed by atoms with Gasteiger partial charge in [0.05, 0.1) is 6.10 Å². The van der Waals surface area contributed by atoms with Crippen molar-refractivity contribution in [2.24, 2.45) is 0 Å². The third-order valence-corrected chi connectivity index (χ3v) is 3.18. The molecule has 0 aliphatic rings. The maximum atomic E-state index is 12.9. The van der Waals surface area contributed by atoms with Crippen molar-refractivity contribution in [2.45, 2.75) is 31.3 Å². The van der Waals surface area contributed by atoms with E-state index in [1.165, 1.54) is 12.1 Å². The molecule has 0 aromatic heterocycles. The van der Waals surface area contributed by atoms with Crippen LogP contribution < -0.4 is 0 Å². The van der Waals surface area contributed by atoms with Gasteiger partial charge in [-0.1, -0.05) is 6.92 Å². The number of hydrogen-bond acceptors (Lipinski definition) is 2. The molecule has 3 heteroatoms. The number of thioether (sulfide) groups is 1. The predicted molar refractivity (Wildman–Crippen MR) is 58.0 cm³/mol. The molecule has 0 spiro atoms. The first-order valence-electron chi connectivity index (χ1n) is 4.75. The fourth-order valence-electron chi connectivity index (χ4n) is 1.19. The number of hydrogen-bond donors (Lipinski definition) is 1. The summed E-state index contributed by atoms with van der Waals surface area (Å²) in [6, 6.07) is 4.57. The third kappa shape index (κ3) is 3.00. The summed E-state index contributed by atoms with van der Waals surface area (Å²) in [6.45, 7) is 3.75. The second-order valence-corrected chi connectivity index (χ2v) is 4.34. The molecule has 0 amide bonds. The van der Waals surface area contributed by atoms with E-state index in [0.29, 0.717) is 5.56 Å². The van der Waals surface area contributed by atoms with Crippen LogP contribution in [0.3, 0.4) is 0 Å². The Hall–Kier alpha value is -0.540. The number of rotatable bonds is 4. The zero-order valence-electron chi connectivity index (χ0n) is 8.46. The van der Waals surface area contributed by atoms with Crippen molar-refractivity contribution in [1.29, 1.82) is 0 Å². The molecule has 0 saturated heterocycles. The Morgan fingerprint density at radius 3 is 2.79 bits per heavy atom. The average Bonchev–Trinajstić information content (AvgIpc) is 2.15. The van der Waals surface area contributed by atoms with Crippen molar-refractivity contribution in [3.05, 3.63) is 29.6 Å². The maximum Gasteiger partial charge on any atom is 0.123 e. The van der Waals surface area contributed by atoms with E-state index in [-0.39, 0.29) is 5.82 Å². The monoisotopic (exact) mass is 214 g/mol. The van der Waals surface area contributed by atoms with Gasteiger partial charge in [-0.2, -0.15) is 0 Å². The molecule has 1 atom stereocenters. The lowest BCUT2D eigenvalue weighted by Crippen LogP contribution is -1.95. The quantitative estimate of drug-likeness (QED) is 0.775. The lowest BCUT2D eigenvalue weighted by molar-refractivity contribution is 0.196. The normalized spacial score (nSPS) is 12.9. The van der Waals surface area contributed by atoms with Crippen LogP contribution in [0.4, 0.5) is 4.39 Å². The Bertz CT molecular complexity index is 299. The second-order valence-electron chi connectivity index (χ2n) is 3.21. The van der Waals surface area contributed by atoms with E-state index in [9.17, 15) is 9.50 Å². The molecule has 0 aliphatic carbocycles. The van der Waals surface area contributed by atoms with E-state index in [1.807, 2.05) is 0 Å².